The fourth-order valence-electron chi connectivity index (χ4n) is 3.38. The number of anilines is 2. The maximum atomic E-state index is 11.8. The first-order valence-electron chi connectivity index (χ1n) is 9.57. The highest BCUT2D eigenvalue weighted by Crippen LogP contribution is 2.32. The molecule has 0 aliphatic carbocycles. The molecule has 3 aromatic rings. The van der Waals surface area contributed by atoms with Gasteiger partial charge in [0.1, 0.15) is 11.3 Å². The number of halogens is 1. The van der Waals surface area contributed by atoms with Crippen LogP contribution in [0.25, 0.3) is 11.0 Å². The number of aromatic carboxylic acids is 1. The van der Waals surface area contributed by atoms with Gasteiger partial charge in [-0.1, -0.05) is 25.4 Å². The second-order valence-electron chi connectivity index (χ2n) is 6.63. The summed E-state index contributed by atoms with van der Waals surface area (Å²) in [6.45, 7) is 6.24. The fraction of sp³-hybridized carbons (Fsp3) is 0.400. The Balaban J connectivity index is 2.24. The van der Waals surface area contributed by atoms with Crippen LogP contribution in [0.1, 0.15) is 47.8 Å². The third-order valence-electron chi connectivity index (χ3n) is 4.69. The number of benzene rings is 1. The van der Waals surface area contributed by atoms with Crippen LogP contribution >= 0.6 is 11.6 Å². The van der Waals surface area contributed by atoms with Crippen LogP contribution in [0, 0.1) is 6.92 Å². The van der Waals surface area contributed by atoms with Gasteiger partial charge in [0.2, 0.25) is 5.95 Å². The lowest BCUT2D eigenvalue weighted by atomic mass is 10.1. The summed E-state index contributed by atoms with van der Waals surface area (Å²) in [6, 6.07) is 3.00. The molecule has 0 spiro atoms. The first-order chi connectivity index (χ1) is 13.9. The van der Waals surface area contributed by atoms with Crippen LogP contribution in [0.5, 0.6) is 0 Å². The highest BCUT2D eigenvalue weighted by atomic mass is 35.5. The molecular weight excluding hydrogens is 394 g/mol. The van der Waals surface area contributed by atoms with Crippen LogP contribution in [0.4, 0.5) is 11.6 Å². The number of hydrogen-bond acceptors (Lipinski definition) is 6. The second-order valence-corrected chi connectivity index (χ2v) is 7.04. The van der Waals surface area contributed by atoms with E-state index in [0.29, 0.717) is 53.6 Å². The molecule has 0 saturated heterocycles. The van der Waals surface area contributed by atoms with Crippen molar-refractivity contribution in [3.63, 3.8) is 0 Å². The maximum Gasteiger partial charge on any atom is 0.337 e. The van der Waals surface area contributed by atoms with Crippen LogP contribution in [-0.4, -0.2) is 42.3 Å². The van der Waals surface area contributed by atoms with Crippen molar-refractivity contribution in [2.75, 3.05) is 11.9 Å². The van der Waals surface area contributed by atoms with Gasteiger partial charge in [0.15, 0.2) is 0 Å². The maximum absolute atomic E-state index is 11.8. The van der Waals surface area contributed by atoms with Gasteiger partial charge >= 0.3 is 5.97 Å². The van der Waals surface area contributed by atoms with Gasteiger partial charge < -0.3 is 20.1 Å². The van der Waals surface area contributed by atoms with E-state index >= 15 is 0 Å². The van der Waals surface area contributed by atoms with Gasteiger partial charge in [-0.25, -0.2) is 19.7 Å². The lowest BCUT2D eigenvalue weighted by Gasteiger charge is -2.16. The number of hydrogen-bond donors (Lipinski definition) is 3. The van der Waals surface area contributed by atoms with Crippen molar-refractivity contribution in [2.24, 2.45) is 0 Å². The van der Waals surface area contributed by atoms with E-state index in [2.05, 4.69) is 20.3 Å². The average Bonchev–Trinajstić information content (AvgIpc) is 3.06. The Morgan fingerprint density at radius 3 is 2.38 bits per heavy atom. The van der Waals surface area contributed by atoms with Crippen molar-refractivity contribution in [2.45, 2.75) is 46.6 Å². The van der Waals surface area contributed by atoms with E-state index < -0.39 is 5.97 Å². The molecule has 2 heterocycles. The number of aryl methyl sites for hydroxylation is 4. The number of carboxylic acid groups (broad SMARTS) is 1. The zero-order valence-electron chi connectivity index (χ0n) is 16.7. The molecule has 0 radical (unpaired) electrons. The number of aliphatic hydroxyl groups excluding tert-OH is 1. The molecule has 0 aliphatic heterocycles. The average molecular weight is 418 g/mol. The Hall–Kier alpha value is -2.71. The molecule has 0 unspecified atom stereocenters. The van der Waals surface area contributed by atoms with Crippen LogP contribution in [0.15, 0.2) is 12.1 Å². The lowest BCUT2D eigenvalue weighted by Crippen LogP contribution is -2.12. The number of nitrogens with one attached hydrogen (secondary N) is 1. The normalized spacial score (nSPS) is 11.2. The molecule has 3 rings (SSSR count). The number of carbonyl (C=O) groups is 1. The highest BCUT2D eigenvalue weighted by Gasteiger charge is 2.22. The molecule has 3 N–H and O–H groups in total. The van der Waals surface area contributed by atoms with Crippen LogP contribution in [-0.2, 0) is 19.4 Å². The largest absolute Gasteiger partial charge is 0.478 e. The first kappa shape index (κ1) is 21.0. The minimum atomic E-state index is -1.06. The molecule has 1 aromatic carbocycles. The molecule has 0 bridgehead atoms. The molecule has 0 atom stereocenters. The SMILES string of the molecule is CCc1nc(C)nc(CC)c1Nc1nc2c(Cl)ccc(C(=O)O)c2n1CCCO. The summed E-state index contributed by atoms with van der Waals surface area (Å²) >= 11 is 6.32. The Kier molecular flexibility index (Phi) is 6.34. The summed E-state index contributed by atoms with van der Waals surface area (Å²) in [5, 5.41) is 22.7. The van der Waals surface area contributed by atoms with Crippen molar-refractivity contribution < 1.29 is 15.0 Å². The van der Waals surface area contributed by atoms with E-state index in [1.807, 2.05) is 20.8 Å². The number of aromatic nitrogens is 4. The van der Waals surface area contributed by atoms with Gasteiger partial charge in [-0.2, -0.15) is 0 Å². The van der Waals surface area contributed by atoms with Crippen molar-refractivity contribution in [3.05, 3.63) is 39.9 Å². The zero-order chi connectivity index (χ0) is 21.1. The van der Waals surface area contributed by atoms with Gasteiger partial charge in [0.05, 0.1) is 33.2 Å². The number of aliphatic hydroxyl groups is 1. The standard InChI is InChI=1S/C20H24ClN5O3/c1-4-14-17(15(5-2)23-11(3)22-14)25-20-24-16-13(21)8-7-12(19(28)29)18(16)26(20)9-6-10-27/h7-8,27H,4-6,9-10H2,1-3H3,(H,24,25)(H,28,29). The predicted octanol–water partition coefficient (Wildman–Crippen LogP) is 3.74. The van der Waals surface area contributed by atoms with E-state index in [1.165, 1.54) is 12.1 Å². The Labute approximate surface area is 173 Å². The van der Waals surface area contributed by atoms with Gasteiger partial charge in [0, 0.05) is 13.2 Å². The smallest absolute Gasteiger partial charge is 0.337 e. The van der Waals surface area contributed by atoms with E-state index in [-0.39, 0.29) is 12.2 Å². The molecule has 9 heteroatoms. The quantitative estimate of drug-likeness (QED) is 0.511. The molecule has 0 fully saturated rings. The summed E-state index contributed by atoms with van der Waals surface area (Å²) in [5.74, 6) is 0.0840. The minimum Gasteiger partial charge on any atom is -0.478 e. The Morgan fingerprint density at radius 2 is 1.83 bits per heavy atom. The summed E-state index contributed by atoms with van der Waals surface area (Å²) in [6.07, 6.45) is 1.85. The van der Waals surface area contributed by atoms with Crippen LogP contribution in [0.3, 0.4) is 0 Å². The molecule has 8 nitrogen and oxygen atoms in total. The number of carboxylic acids is 1. The Morgan fingerprint density at radius 1 is 1.17 bits per heavy atom. The third kappa shape index (κ3) is 4.04. The van der Waals surface area contributed by atoms with Crippen molar-refractivity contribution >= 4 is 40.2 Å². The molecule has 0 saturated carbocycles. The van der Waals surface area contributed by atoms with Gasteiger partial charge in [-0.3, -0.25) is 0 Å². The molecule has 2 aromatic heterocycles. The number of rotatable bonds is 8. The molecule has 154 valence electrons. The third-order valence-corrected chi connectivity index (χ3v) is 5.00. The monoisotopic (exact) mass is 417 g/mol. The van der Waals surface area contributed by atoms with Gasteiger partial charge in [-0.15, -0.1) is 0 Å². The van der Waals surface area contributed by atoms with Gasteiger partial charge in [0.25, 0.3) is 0 Å². The summed E-state index contributed by atoms with van der Waals surface area (Å²) in [5.41, 5.74) is 3.42. The van der Waals surface area contributed by atoms with Crippen LogP contribution in [0.2, 0.25) is 5.02 Å². The van der Waals surface area contributed by atoms with Gasteiger partial charge in [-0.05, 0) is 38.3 Å². The first-order valence-corrected chi connectivity index (χ1v) is 9.95. The topological polar surface area (TPSA) is 113 Å². The molecule has 0 amide bonds. The minimum absolute atomic E-state index is 0.0316. The van der Waals surface area contributed by atoms with Crippen molar-refractivity contribution in [1.82, 2.24) is 19.5 Å². The zero-order valence-corrected chi connectivity index (χ0v) is 17.4. The second kappa shape index (κ2) is 8.75. The van der Waals surface area contributed by atoms with Crippen molar-refractivity contribution in [3.8, 4) is 0 Å². The molecular formula is C20H24ClN5O3. The van der Waals surface area contributed by atoms with E-state index in [9.17, 15) is 15.0 Å². The summed E-state index contributed by atoms with van der Waals surface area (Å²) < 4.78 is 1.75. The summed E-state index contributed by atoms with van der Waals surface area (Å²) in [7, 11) is 0. The highest BCUT2D eigenvalue weighted by molar-refractivity contribution is 6.35. The predicted molar refractivity (Wildman–Crippen MR) is 112 cm³/mol. The molecule has 29 heavy (non-hydrogen) atoms. The van der Waals surface area contributed by atoms with Crippen LogP contribution < -0.4 is 5.32 Å². The number of imidazole rings is 1. The Bertz CT molecular complexity index is 1040. The lowest BCUT2D eigenvalue weighted by molar-refractivity contribution is 0.0698. The summed E-state index contributed by atoms with van der Waals surface area (Å²) in [4.78, 5) is 25.4. The van der Waals surface area contributed by atoms with E-state index in [1.54, 1.807) is 4.57 Å². The molecule has 0 aliphatic rings. The number of fused-ring (bicyclic) bond motifs is 1. The fourth-order valence-corrected chi connectivity index (χ4v) is 3.58. The van der Waals surface area contributed by atoms with E-state index in [0.717, 1.165) is 17.1 Å². The van der Waals surface area contributed by atoms with Crippen molar-refractivity contribution in [1.29, 1.82) is 0 Å². The number of nitrogens with zero attached hydrogens (tertiary/aromatic N) is 4. The van der Waals surface area contributed by atoms with E-state index in [4.69, 9.17) is 11.6 Å².